The Kier molecular flexibility index (Phi) is 4.38. The van der Waals surface area contributed by atoms with E-state index < -0.39 is 10.8 Å². The van der Waals surface area contributed by atoms with Crippen LogP contribution in [0.15, 0.2) is 48.5 Å². The predicted octanol–water partition coefficient (Wildman–Crippen LogP) is 3.85. The molecule has 1 atom stereocenters. The summed E-state index contributed by atoms with van der Waals surface area (Å²) in [6, 6.07) is 14.7. The molecule has 2 aromatic carbocycles. The van der Waals surface area contributed by atoms with Gasteiger partial charge in [-0.05, 0) is 31.2 Å². The van der Waals surface area contributed by atoms with Gasteiger partial charge in [0.1, 0.15) is 5.82 Å². The summed E-state index contributed by atoms with van der Waals surface area (Å²) in [6.07, 6.45) is 0. The SMILES string of the molecule is Cc1ccc(-n2nc3c(c2NC(=O)c2ccccc2Cl)CS(=O)C3)cc1. The fourth-order valence-corrected chi connectivity index (χ4v) is 4.44. The van der Waals surface area contributed by atoms with Crippen molar-refractivity contribution in [3.8, 4) is 5.69 Å². The van der Waals surface area contributed by atoms with E-state index in [0.29, 0.717) is 27.9 Å². The molecule has 0 bridgehead atoms. The zero-order valence-electron chi connectivity index (χ0n) is 14.0. The van der Waals surface area contributed by atoms with Gasteiger partial charge in [0.05, 0.1) is 33.5 Å². The molecule has 2 heterocycles. The van der Waals surface area contributed by atoms with E-state index in [4.69, 9.17) is 11.6 Å². The fourth-order valence-electron chi connectivity index (χ4n) is 2.95. The van der Waals surface area contributed by atoms with Gasteiger partial charge in [0.25, 0.3) is 5.91 Å². The Balaban J connectivity index is 1.77. The van der Waals surface area contributed by atoms with Crippen molar-refractivity contribution in [2.45, 2.75) is 18.4 Å². The standard InChI is InChI=1S/C19H16ClN3O2S/c1-12-6-8-13(9-7-12)23-18(15-10-26(25)11-17(15)22-23)21-19(24)14-4-2-3-5-16(14)20/h2-9H,10-11H2,1H3,(H,21,24). The summed E-state index contributed by atoms with van der Waals surface area (Å²) < 4.78 is 13.6. The molecule has 3 aromatic rings. The molecule has 1 aliphatic heterocycles. The van der Waals surface area contributed by atoms with Gasteiger partial charge in [-0.25, -0.2) is 4.68 Å². The van der Waals surface area contributed by atoms with Gasteiger partial charge in [0, 0.05) is 16.4 Å². The number of benzene rings is 2. The number of rotatable bonds is 3. The number of halogens is 1. The monoisotopic (exact) mass is 385 g/mol. The van der Waals surface area contributed by atoms with Crippen molar-refractivity contribution in [2.24, 2.45) is 0 Å². The lowest BCUT2D eigenvalue weighted by molar-refractivity contribution is 0.102. The Hall–Kier alpha value is -2.44. The second kappa shape index (κ2) is 6.70. The van der Waals surface area contributed by atoms with E-state index >= 15 is 0 Å². The molecule has 0 spiro atoms. The first-order valence-corrected chi connectivity index (χ1v) is 9.98. The smallest absolute Gasteiger partial charge is 0.258 e. The number of amides is 1. The zero-order valence-corrected chi connectivity index (χ0v) is 15.6. The van der Waals surface area contributed by atoms with Gasteiger partial charge in [0.15, 0.2) is 0 Å². The first-order valence-electron chi connectivity index (χ1n) is 8.11. The number of nitrogens with zero attached hydrogens (tertiary/aromatic N) is 2. The quantitative estimate of drug-likeness (QED) is 0.744. The Bertz CT molecular complexity index is 1030. The minimum atomic E-state index is -0.984. The van der Waals surface area contributed by atoms with Crippen LogP contribution in [0.5, 0.6) is 0 Å². The Labute approximate surface area is 158 Å². The molecular formula is C19H16ClN3O2S. The van der Waals surface area contributed by atoms with Crippen LogP contribution in [-0.2, 0) is 22.3 Å². The number of fused-ring (bicyclic) bond motifs is 1. The highest BCUT2D eigenvalue weighted by atomic mass is 35.5. The number of nitrogens with one attached hydrogen (secondary N) is 1. The summed E-state index contributed by atoms with van der Waals surface area (Å²) in [5.74, 6) is 1.03. The third kappa shape index (κ3) is 3.06. The molecule has 1 aromatic heterocycles. The molecule has 0 radical (unpaired) electrons. The topological polar surface area (TPSA) is 64.0 Å². The predicted molar refractivity (Wildman–Crippen MR) is 103 cm³/mol. The van der Waals surface area contributed by atoms with Crippen molar-refractivity contribution >= 4 is 34.1 Å². The van der Waals surface area contributed by atoms with Crippen LogP contribution in [0.1, 0.15) is 27.2 Å². The van der Waals surface area contributed by atoms with E-state index in [0.717, 1.165) is 22.5 Å². The summed E-state index contributed by atoms with van der Waals surface area (Å²) in [6.45, 7) is 2.01. The molecule has 5 nitrogen and oxygen atoms in total. The largest absolute Gasteiger partial charge is 0.306 e. The average Bonchev–Trinajstić information content (AvgIpc) is 3.13. The van der Waals surface area contributed by atoms with Gasteiger partial charge in [-0.15, -0.1) is 0 Å². The van der Waals surface area contributed by atoms with Gasteiger partial charge in [-0.1, -0.05) is 41.4 Å². The third-order valence-electron chi connectivity index (χ3n) is 4.30. The highest BCUT2D eigenvalue weighted by Gasteiger charge is 2.28. The van der Waals surface area contributed by atoms with Gasteiger partial charge < -0.3 is 5.32 Å². The second-order valence-corrected chi connectivity index (χ2v) is 8.05. The number of anilines is 1. The van der Waals surface area contributed by atoms with Crippen molar-refractivity contribution in [3.05, 3.63) is 75.9 Å². The van der Waals surface area contributed by atoms with Gasteiger partial charge in [-0.2, -0.15) is 5.10 Å². The summed E-state index contributed by atoms with van der Waals surface area (Å²) in [4.78, 5) is 12.7. The first-order chi connectivity index (χ1) is 12.5. The third-order valence-corrected chi connectivity index (χ3v) is 5.83. The van der Waals surface area contributed by atoms with E-state index in [2.05, 4.69) is 10.4 Å². The summed E-state index contributed by atoms with van der Waals surface area (Å²) >= 11 is 6.14. The van der Waals surface area contributed by atoms with E-state index in [1.54, 1.807) is 28.9 Å². The minimum absolute atomic E-state index is 0.315. The van der Waals surface area contributed by atoms with Crippen molar-refractivity contribution in [1.82, 2.24) is 9.78 Å². The maximum Gasteiger partial charge on any atom is 0.258 e. The van der Waals surface area contributed by atoms with Crippen molar-refractivity contribution in [3.63, 3.8) is 0 Å². The van der Waals surface area contributed by atoms with Crippen molar-refractivity contribution < 1.29 is 9.00 Å². The van der Waals surface area contributed by atoms with Crippen LogP contribution < -0.4 is 5.32 Å². The second-order valence-electron chi connectivity index (χ2n) is 6.18. The van der Waals surface area contributed by atoms with Crippen LogP contribution in [0.25, 0.3) is 5.69 Å². The molecule has 1 aliphatic rings. The lowest BCUT2D eigenvalue weighted by Gasteiger charge is -2.12. The maximum absolute atomic E-state index is 12.7. The van der Waals surface area contributed by atoms with Gasteiger partial charge in [0.2, 0.25) is 0 Å². The first kappa shape index (κ1) is 17.0. The zero-order chi connectivity index (χ0) is 18.3. The fraction of sp³-hybridized carbons (Fsp3) is 0.158. The molecule has 1 unspecified atom stereocenters. The van der Waals surface area contributed by atoms with Crippen LogP contribution in [0.2, 0.25) is 5.02 Å². The van der Waals surface area contributed by atoms with Crippen LogP contribution in [0, 0.1) is 6.92 Å². The molecule has 7 heteroatoms. The van der Waals surface area contributed by atoms with E-state index in [9.17, 15) is 9.00 Å². The van der Waals surface area contributed by atoms with E-state index in [1.807, 2.05) is 31.2 Å². The number of hydrogen-bond donors (Lipinski definition) is 1. The maximum atomic E-state index is 12.7. The molecule has 26 heavy (non-hydrogen) atoms. The lowest BCUT2D eigenvalue weighted by atomic mass is 10.2. The highest BCUT2D eigenvalue weighted by molar-refractivity contribution is 7.83. The van der Waals surface area contributed by atoms with Crippen molar-refractivity contribution in [1.29, 1.82) is 0 Å². The summed E-state index contributed by atoms with van der Waals surface area (Å²) in [5.41, 5.74) is 3.95. The molecule has 0 aliphatic carbocycles. The molecular weight excluding hydrogens is 370 g/mol. The highest BCUT2D eigenvalue weighted by Crippen LogP contribution is 2.32. The van der Waals surface area contributed by atoms with Crippen LogP contribution in [0.4, 0.5) is 5.82 Å². The summed E-state index contributed by atoms with van der Waals surface area (Å²) in [5, 5.41) is 7.89. The van der Waals surface area contributed by atoms with Gasteiger partial charge >= 0.3 is 0 Å². The Morgan fingerprint density at radius 2 is 1.88 bits per heavy atom. The number of carbonyl (C=O) groups excluding carboxylic acids is 1. The molecule has 1 amide bonds. The normalized spacial score (nSPS) is 15.7. The van der Waals surface area contributed by atoms with E-state index in [1.165, 1.54) is 0 Å². The average molecular weight is 386 g/mol. The molecule has 0 saturated carbocycles. The number of hydrogen-bond acceptors (Lipinski definition) is 3. The van der Waals surface area contributed by atoms with Crippen LogP contribution in [0.3, 0.4) is 0 Å². The Morgan fingerprint density at radius 3 is 2.62 bits per heavy atom. The number of aryl methyl sites for hydroxylation is 1. The minimum Gasteiger partial charge on any atom is -0.306 e. The van der Waals surface area contributed by atoms with Crippen LogP contribution in [-0.4, -0.2) is 19.9 Å². The number of aromatic nitrogens is 2. The molecule has 4 rings (SSSR count). The Morgan fingerprint density at radius 1 is 1.15 bits per heavy atom. The van der Waals surface area contributed by atoms with Crippen molar-refractivity contribution in [2.75, 3.05) is 5.32 Å². The number of carbonyl (C=O) groups is 1. The summed E-state index contributed by atoms with van der Waals surface area (Å²) in [7, 11) is -0.984. The molecule has 132 valence electrons. The van der Waals surface area contributed by atoms with Gasteiger partial charge in [-0.3, -0.25) is 9.00 Å². The lowest BCUT2D eigenvalue weighted by Crippen LogP contribution is -2.17. The molecule has 0 fully saturated rings. The molecule has 0 saturated heterocycles. The van der Waals surface area contributed by atoms with E-state index in [-0.39, 0.29) is 5.91 Å². The van der Waals surface area contributed by atoms with Crippen LogP contribution >= 0.6 is 11.6 Å². The molecule has 1 N–H and O–H groups in total.